The van der Waals surface area contributed by atoms with Gasteiger partial charge in [0.05, 0.1) is 23.7 Å². The summed E-state index contributed by atoms with van der Waals surface area (Å²) in [5, 5.41) is 0. The monoisotopic (exact) mass is 512 g/mol. The molecule has 3 aromatic rings. The van der Waals surface area contributed by atoms with Crippen LogP contribution < -0.4 is 13.2 Å². The van der Waals surface area contributed by atoms with E-state index in [4.69, 9.17) is 8.92 Å². The van der Waals surface area contributed by atoms with Crippen molar-refractivity contribution < 1.29 is 25.8 Å². The van der Waals surface area contributed by atoms with E-state index in [-0.39, 0.29) is 16.4 Å². The topological polar surface area (TPSA) is 93.2 Å². The van der Waals surface area contributed by atoms with E-state index in [9.17, 15) is 16.8 Å². The Balaban J connectivity index is 1.88. The molecule has 0 saturated heterocycles. The molecular formula is C25H24N2O6S2. The number of ether oxygens (including phenoxy) is 1. The van der Waals surface area contributed by atoms with Crippen molar-refractivity contribution in [3.05, 3.63) is 95.6 Å². The molecular weight excluding hydrogens is 488 g/mol. The number of hydrogen-bond acceptors (Lipinski definition) is 6. The minimum Gasteiger partial charge on any atom is -0.493 e. The first-order valence-corrected chi connectivity index (χ1v) is 13.6. The van der Waals surface area contributed by atoms with Gasteiger partial charge in [-0.2, -0.15) is 8.42 Å². The zero-order valence-electron chi connectivity index (χ0n) is 19.4. The summed E-state index contributed by atoms with van der Waals surface area (Å²) in [4.78, 5) is 0.0416. The van der Waals surface area contributed by atoms with Crippen LogP contribution in [-0.2, 0) is 20.3 Å². The van der Waals surface area contributed by atoms with Gasteiger partial charge in [0.25, 0.3) is 10.0 Å². The highest BCUT2D eigenvalue weighted by Crippen LogP contribution is 2.55. The van der Waals surface area contributed by atoms with Gasteiger partial charge in [-0.3, -0.25) is 0 Å². The highest BCUT2D eigenvalue weighted by molar-refractivity contribution is 7.93. The Kier molecular flexibility index (Phi) is 5.42. The summed E-state index contributed by atoms with van der Waals surface area (Å²) in [6, 6.07) is 15.7. The number of sulfonamides is 1. The lowest BCUT2D eigenvalue weighted by molar-refractivity contribution is 0.228. The molecule has 0 radical (unpaired) electrons. The number of benzene rings is 3. The van der Waals surface area contributed by atoms with Crippen LogP contribution in [0.3, 0.4) is 0 Å². The zero-order valence-corrected chi connectivity index (χ0v) is 21.0. The molecule has 10 heteroatoms. The van der Waals surface area contributed by atoms with Gasteiger partial charge in [-0.15, -0.1) is 10.9 Å². The summed E-state index contributed by atoms with van der Waals surface area (Å²) in [5.41, 5.74) is 2.95. The van der Waals surface area contributed by atoms with Crippen molar-refractivity contribution >= 4 is 26.0 Å². The van der Waals surface area contributed by atoms with Crippen LogP contribution in [0, 0.1) is 13.8 Å². The molecule has 2 atom stereocenters. The van der Waals surface area contributed by atoms with Crippen LogP contribution in [0.1, 0.15) is 34.5 Å². The van der Waals surface area contributed by atoms with E-state index < -0.39 is 32.5 Å². The summed E-state index contributed by atoms with van der Waals surface area (Å²) in [5.74, 6) is 0.141. The molecule has 2 heterocycles. The normalized spacial score (nSPS) is 20.7. The lowest BCUT2D eigenvalue weighted by Gasteiger charge is -2.49. The molecule has 182 valence electrons. The molecule has 8 nitrogen and oxygen atoms in total. The van der Waals surface area contributed by atoms with Gasteiger partial charge in [0.2, 0.25) is 0 Å². The molecule has 0 amide bonds. The van der Waals surface area contributed by atoms with Crippen molar-refractivity contribution in [1.29, 1.82) is 0 Å². The second-order valence-electron chi connectivity index (χ2n) is 8.48. The maximum absolute atomic E-state index is 14.2. The average molecular weight is 513 g/mol. The molecule has 2 aliphatic heterocycles. The van der Waals surface area contributed by atoms with Gasteiger partial charge in [0, 0.05) is 5.56 Å². The van der Waals surface area contributed by atoms with Gasteiger partial charge in [0.1, 0.15) is 6.17 Å². The number of fused-ring (bicyclic) bond motifs is 4. The molecule has 0 spiro atoms. The van der Waals surface area contributed by atoms with Crippen LogP contribution in [0.5, 0.6) is 11.5 Å². The van der Waals surface area contributed by atoms with Crippen molar-refractivity contribution in [2.24, 2.45) is 0 Å². The lowest BCUT2D eigenvalue weighted by Crippen LogP contribution is -2.55. The Hall–Kier alpha value is -3.34. The van der Waals surface area contributed by atoms with Crippen LogP contribution in [0.4, 0.5) is 5.69 Å². The molecule has 0 unspecified atom stereocenters. The standard InChI is InChI=1S/C25H24N2O6S2/c1-5-21-20-15-17(3)11-14-22(20)26(34(28,29)18-12-9-16(2)10-13-18)25-19-7-6-8-23(32-4)24(19)33-35(30,31)27(21)25/h5-15,21,25H,1H2,2-4H3/t21-,25-/m1/s1. The molecule has 2 aliphatic rings. The second-order valence-corrected chi connectivity index (χ2v) is 11.7. The number of hydrogen-bond donors (Lipinski definition) is 0. The smallest absolute Gasteiger partial charge is 0.388 e. The summed E-state index contributed by atoms with van der Waals surface area (Å²) in [7, 11) is -7.28. The largest absolute Gasteiger partial charge is 0.493 e. The fraction of sp³-hybridized carbons (Fsp3) is 0.200. The fourth-order valence-electron chi connectivity index (χ4n) is 4.61. The molecule has 0 fully saturated rings. The minimum atomic E-state index is -4.45. The van der Waals surface area contributed by atoms with E-state index in [1.807, 2.05) is 13.8 Å². The number of nitrogens with zero attached hydrogens (tertiary/aromatic N) is 2. The molecule has 5 rings (SSSR count). The molecule has 0 N–H and O–H groups in total. The van der Waals surface area contributed by atoms with Crippen molar-refractivity contribution in [3.63, 3.8) is 0 Å². The highest BCUT2D eigenvalue weighted by atomic mass is 32.2. The SMILES string of the molecule is C=C[C@@H]1c2cc(C)ccc2N(S(=O)(=O)c2ccc(C)cc2)[C@H]2c3cccc(OC)c3OS(=O)(=O)N12. The summed E-state index contributed by atoms with van der Waals surface area (Å²) in [6.07, 6.45) is 0.219. The van der Waals surface area contributed by atoms with Crippen molar-refractivity contribution in [2.75, 3.05) is 11.4 Å². The van der Waals surface area contributed by atoms with Crippen LogP contribution in [0.25, 0.3) is 0 Å². The summed E-state index contributed by atoms with van der Waals surface area (Å²) < 4.78 is 68.5. The Morgan fingerprint density at radius 2 is 1.69 bits per heavy atom. The third-order valence-corrected chi connectivity index (χ3v) is 9.33. The molecule has 0 aliphatic carbocycles. The van der Waals surface area contributed by atoms with Crippen LogP contribution in [0.2, 0.25) is 0 Å². The number of anilines is 1. The van der Waals surface area contributed by atoms with E-state index in [2.05, 4.69) is 6.58 Å². The van der Waals surface area contributed by atoms with E-state index in [0.717, 1.165) is 19.7 Å². The van der Waals surface area contributed by atoms with Crippen LogP contribution >= 0.6 is 0 Å². The molecule has 0 saturated carbocycles. The quantitative estimate of drug-likeness (QED) is 0.482. The van der Waals surface area contributed by atoms with Crippen molar-refractivity contribution in [1.82, 2.24) is 4.31 Å². The third kappa shape index (κ3) is 3.51. The van der Waals surface area contributed by atoms with E-state index in [0.29, 0.717) is 16.8 Å². The van der Waals surface area contributed by atoms with Crippen molar-refractivity contribution in [2.45, 2.75) is 31.0 Å². The van der Waals surface area contributed by atoms with Crippen LogP contribution in [0.15, 0.2) is 78.2 Å². The first-order valence-electron chi connectivity index (χ1n) is 10.8. The summed E-state index contributed by atoms with van der Waals surface area (Å²) >= 11 is 0. The first kappa shape index (κ1) is 23.4. The number of aryl methyl sites for hydroxylation is 2. The van der Waals surface area contributed by atoms with Gasteiger partial charge in [-0.25, -0.2) is 12.7 Å². The molecule has 0 bridgehead atoms. The lowest BCUT2D eigenvalue weighted by atomic mass is 9.97. The second kappa shape index (κ2) is 8.11. The van der Waals surface area contributed by atoms with E-state index in [1.165, 1.54) is 25.3 Å². The number of rotatable bonds is 4. The first-order chi connectivity index (χ1) is 16.6. The molecule has 3 aromatic carbocycles. The maximum atomic E-state index is 14.2. The Bertz CT molecular complexity index is 1550. The number of methoxy groups -OCH3 is 1. The fourth-order valence-corrected chi connectivity index (χ4v) is 7.69. The van der Waals surface area contributed by atoms with Gasteiger partial charge in [-0.1, -0.05) is 53.6 Å². The zero-order chi connectivity index (χ0) is 25.1. The third-order valence-electron chi connectivity index (χ3n) is 6.23. The molecule has 0 aromatic heterocycles. The van der Waals surface area contributed by atoms with Gasteiger partial charge in [0.15, 0.2) is 11.5 Å². The predicted molar refractivity (Wildman–Crippen MR) is 132 cm³/mol. The van der Waals surface area contributed by atoms with E-state index in [1.54, 1.807) is 48.5 Å². The van der Waals surface area contributed by atoms with Crippen molar-refractivity contribution in [3.8, 4) is 11.5 Å². The Morgan fingerprint density at radius 1 is 1.00 bits per heavy atom. The van der Waals surface area contributed by atoms with Gasteiger partial charge in [-0.05, 0) is 43.7 Å². The maximum Gasteiger partial charge on any atom is 0.388 e. The Labute approximate surface area is 205 Å². The van der Waals surface area contributed by atoms with Crippen LogP contribution in [-0.4, -0.2) is 28.3 Å². The number of para-hydroxylation sites is 1. The average Bonchev–Trinajstić information content (AvgIpc) is 2.82. The van der Waals surface area contributed by atoms with Gasteiger partial charge < -0.3 is 8.92 Å². The van der Waals surface area contributed by atoms with Gasteiger partial charge >= 0.3 is 10.3 Å². The summed E-state index contributed by atoms with van der Waals surface area (Å²) in [6.45, 7) is 7.57. The molecule has 35 heavy (non-hydrogen) atoms. The highest BCUT2D eigenvalue weighted by Gasteiger charge is 2.54. The predicted octanol–water partition coefficient (Wildman–Crippen LogP) is 4.39. The Morgan fingerprint density at radius 3 is 2.34 bits per heavy atom. The van der Waals surface area contributed by atoms with E-state index >= 15 is 0 Å². The minimum absolute atomic E-state index is 0.0416.